The van der Waals surface area contributed by atoms with Gasteiger partial charge in [-0.3, -0.25) is 0 Å². The summed E-state index contributed by atoms with van der Waals surface area (Å²) in [4.78, 5) is 10.5. The lowest BCUT2D eigenvalue weighted by molar-refractivity contribution is -0.131. The van der Waals surface area contributed by atoms with Crippen molar-refractivity contribution in [2.24, 2.45) is 23.2 Å². The van der Waals surface area contributed by atoms with Gasteiger partial charge < -0.3 is 9.52 Å². The van der Waals surface area contributed by atoms with Crippen LogP contribution in [0.15, 0.2) is 10.5 Å². The van der Waals surface area contributed by atoms with Gasteiger partial charge in [0.25, 0.3) is 0 Å². The van der Waals surface area contributed by atoms with Gasteiger partial charge in [-0.05, 0) is 61.7 Å². The van der Waals surface area contributed by atoms with Gasteiger partial charge >= 0.3 is 5.97 Å². The Balaban J connectivity index is 1.50. The molecule has 4 fully saturated rings. The lowest BCUT2D eigenvalue weighted by atomic mass is 9.49. The molecule has 1 heterocycles. The Morgan fingerprint density at radius 3 is 2.38 bits per heavy atom. The molecule has 21 heavy (non-hydrogen) atoms. The molecule has 0 aliphatic heterocycles. The summed E-state index contributed by atoms with van der Waals surface area (Å²) < 4.78 is 5.60. The third-order valence-corrected chi connectivity index (χ3v) is 5.54. The number of hydrogen-bond donors (Lipinski definition) is 1. The summed E-state index contributed by atoms with van der Waals surface area (Å²) in [6, 6.07) is 0. The summed E-state index contributed by atoms with van der Waals surface area (Å²) in [6.45, 7) is 0. The SMILES string of the molecule is O=C(O)/C=C/c1nnc(CC23CC4CC(CC(C4)C2)C3)o1. The van der Waals surface area contributed by atoms with E-state index in [4.69, 9.17) is 9.52 Å². The van der Waals surface area contributed by atoms with E-state index in [-0.39, 0.29) is 5.89 Å². The smallest absolute Gasteiger partial charge is 0.328 e. The lowest BCUT2D eigenvalue weighted by Gasteiger charge is -2.56. The van der Waals surface area contributed by atoms with E-state index in [1.807, 2.05) is 0 Å². The van der Waals surface area contributed by atoms with Crippen molar-refractivity contribution in [2.75, 3.05) is 0 Å². The highest BCUT2D eigenvalue weighted by Gasteiger charge is 2.51. The fourth-order valence-corrected chi connectivity index (χ4v) is 5.38. The minimum absolute atomic E-state index is 0.289. The van der Waals surface area contributed by atoms with Crippen LogP contribution in [0.2, 0.25) is 0 Å². The van der Waals surface area contributed by atoms with Crippen LogP contribution in [0.5, 0.6) is 0 Å². The number of carboxylic acid groups (broad SMARTS) is 1. The molecule has 0 amide bonds. The highest BCUT2D eigenvalue weighted by atomic mass is 16.4. The molecule has 4 aliphatic rings. The maximum Gasteiger partial charge on any atom is 0.328 e. The van der Waals surface area contributed by atoms with Crippen LogP contribution in [-0.2, 0) is 11.2 Å². The predicted molar refractivity (Wildman–Crippen MR) is 75.3 cm³/mol. The van der Waals surface area contributed by atoms with Gasteiger partial charge in [0.15, 0.2) is 0 Å². The number of aliphatic carboxylic acids is 1. The third-order valence-electron chi connectivity index (χ3n) is 5.54. The van der Waals surface area contributed by atoms with Crippen LogP contribution in [-0.4, -0.2) is 21.3 Å². The molecule has 0 radical (unpaired) electrons. The van der Waals surface area contributed by atoms with Crippen molar-refractivity contribution >= 4 is 12.0 Å². The van der Waals surface area contributed by atoms with Gasteiger partial charge in [-0.25, -0.2) is 4.79 Å². The highest BCUT2D eigenvalue weighted by Crippen LogP contribution is 2.60. The van der Waals surface area contributed by atoms with E-state index in [0.29, 0.717) is 11.3 Å². The molecule has 1 N–H and O–H groups in total. The zero-order valence-electron chi connectivity index (χ0n) is 12.0. The monoisotopic (exact) mass is 288 g/mol. The molecular weight excluding hydrogens is 268 g/mol. The molecule has 1 aromatic rings. The minimum atomic E-state index is -1.00. The standard InChI is InChI=1S/C16H20N2O3/c19-15(20)2-1-13-17-18-14(21-13)9-16-6-10-3-11(7-16)5-12(4-10)8-16/h1-2,10-12H,3-9H2,(H,19,20)/b2-1+. The van der Waals surface area contributed by atoms with E-state index in [9.17, 15) is 4.79 Å². The minimum Gasteiger partial charge on any atom is -0.478 e. The van der Waals surface area contributed by atoms with Crippen molar-refractivity contribution in [2.45, 2.75) is 44.9 Å². The number of hydrogen-bond acceptors (Lipinski definition) is 4. The van der Waals surface area contributed by atoms with Gasteiger partial charge in [-0.15, -0.1) is 10.2 Å². The first-order valence-electron chi connectivity index (χ1n) is 7.84. The first-order valence-corrected chi connectivity index (χ1v) is 7.84. The lowest BCUT2D eigenvalue weighted by Crippen LogP contribution is -2.47. The van der Waals surface area contributed by atoms with Crippen LogP contribution < -0.4 is 0 Å². The van der Waals surface area contributed by atoms with E-state index in [1.54, 1.807) is 0 Å². The molecule has 5 heteroatoms. The zero-order chi connectivity index (χ0) is 14.4. The van der Waals surface area contributed by atoms with Crippen molar-refractivity contribution in [1.29, 1.82) is 0 Å². The van der Waals surface area contributed by atoms with Crippen molar-refractivity contribution < 1.29 is 14.3 Å². The number of nitrogens with zero attached hydrogens (tertiary/aromatic N) is 2. The molecule has 0 saturated heterocycles. The molecule has 5 rings (SSSR count). The van der Waals surface area contributed by atoms with Gasteiger partial charge in [0.05, 0.1) is 0 Å². The fraction of sp³-hybridized carbons (Fsp3) is 0.688. The van der Waals surface area contributed by atoms with Gasteiger partial charge in [0, 0.05) is 18.6 Å². The Labute approximate surface area is 123 Å². The van der Waals surface area contributed by atoms with Crippen LogP contribution in [0.3, 0.4) is 0 Å². The van der Waals surface area contributed by atoms with Gasteiger partial charge in [-0.2, -0.15) is 0 Å². The average Bonchev–Trinajstić information content (AvgIpc) is 2.81. The summed E-state index contributed by atoms with van der Waals surface area (Å²) in [5.74, 6) is 2.68. The molecule has 4 saturated carbocycles. The van der Waals surface area contributed by atoms with Crippen LogP contribution >= 0.6 is 0 Å². The largest absolute Gasteiger partial charge is 0.478 e. The van der Waals surface area contributed by atoms with Crippen LogP contribution in [0.1, 0.15) is 50.3 Å². The molecule has 0 aromatic carbocycles. The van der Waals surface area contributed by atoms with Crippen molar-refractivity contribution in [3.8, 4) is 0 Å². The molecule has 4 aliphatic carbocycles. The van der Waals surface area contributed by atoms with E-state index < -0.39 is 5.97 Å². The molecule has 0 spiro atoms. The molecule has 4 bridgehead atoms. The van der Waals surface area contributed by atoms with Crippen molar-refractivity contribution in [3.63, 3.8) is 0 Å². The first-order chi connectivity index (χ1) is 10.1. The summed E-state index contributed by atoms with van der Waals surface area (Å²) in [5, 5.41) is 16.6. The van der Waals surface area contributed by atoms with Gasteiger partial charge in [0.1, 0.15) is 0 Å². The first kappa shape index (κ1) is 13.0. The molecule has 0 unspecified atom stereocenters. The van der Waals surface area contributed by atoms with Crippen molar-refractivity contribution in [1.82, 2.24) is 10.2 Å². The molecule has 112 valence electrons. The summed E-state index contributed by atoms with van der Waals surface area (Å²) in [7, 11) is 0. The second-order valence-corrected chi connectivity index (χ2v) is 7.30. The summed E-state index contributed by atoms with van der Waals surface area (Å²) in [6.07, 6.45) is 11.5. The average molecular weight is 288 g/mol. The Morgan fingerprint density at radius 2 is 1.81 bits per heavy atom. The highest BCUT2D eigenvalue weighted by molar-refractivity contribution is 5.84. The Morgan fingerprint density at radius 1 is 1.19 bits per heavy atom. The third kappa shape index (κ3) is 2.49. The van der Waals surface area contributed by atoms with Gasteiger partial charge in [0.2, 0.25) is 11.8 Å². The normalized spacial score (nSPS) is 37.4. The predicted octanol–water partition coefficient (Wildman–Crippen LogP) is 2.93. The molecule has 5 nitrogen and oxygen atoms in total. The van der Waals surface area contributed by atoms with Crippen LogP contribution in [0.25, 0.3) is 6.08 Å². The molecule has 1 aromatic heterocycles. The number of aromatic nitrogens is 2. The fourth-order valence-electron chi connectivity index (χ4n) is 5.38. The zero-order valence-corrected chi connectivity index (χ0v) is 12.0. The Hall–Kier alpha value is -1.65. The summed E-state index contributed by atoms with van der Waals surface area (Å²) in [5.41, 5.74) is 0.370. The quantitative estimate of drug-likeness (QED) is 0.862. The second-order valence-electron chi connectivity index (χ2n) is 7.30. The van der Waals surface area contributed by atoms with E-state index in [0.717, 1.165) is 30.3 Å². The van der Waals surface area contributed by atoms with Gasteiger partial charge in [-0.1, -0.05) is 0 Å². The number of rotatable bonds is 4. The van der Waals surface area contributed by atoms with E-state index in [2.05, 4.69) is 10.2 Å². The number of carboxylic acids is 1. The molecule has 0 atom stereocenters. The summed E-state index contributed by atoms with van der Waals surface area (Å²) >= 11 is 0. The number of carbonyl (C=O) groups is 1. The maximum absolute atomic E-state index is 10.5. The second kappa shape index (κ2) is 4.68. The topological polar surface area (TPSA) is 76.2 Å². The van der Waals surface area contributed by atoms with Crippen LogP contribution in [0.4, 0.5) is 0 Å². The van der Waals surface area contributed by atoms with E-state index >= 15 is 0 Å². The van der Waals surface area contributed by atoms with E-state index in [1.165, 1.54) is 44.6 Å². The Kier molecular flexibility index (Phi) is 2.91. The van der Waals surface area contributed by atoms with Crippen LogP contribution in [0, 0.1) is 23.2 Å². The maximum atomic E-state index is 10.5. The van der Waals surface area contributed by atoms with Crippen molar-refractivity contribution in [3.05, 3.63) is 17.9 Å². The Bertz CT molecular complexity index is 555. The molecular formula is C16H20N2O3.